The van der Waals surface area contributed by atoms with Gasteiger partial charge in [-0.05, 0) is 32.3 Å². The van der Waals surface area contributed by atoms with Gasteiger partial charge < -0.3 is 19.4 Å². The van der Waals surface area contributed by atoms with Crippen LogP contribution in [-0.4, -0.2) is 46.5 Å². The number of piperidine rings is 1. The highest BCUT2D eigenvalue weighted by atomic mass is 16.8. The SMILES string of the molecule is CCC1(C)CC2(OCC(COCc3ccccc3)O2)C(C)C(C)(CC)N1[OH2+]. The van der Waals surface area contributed by atoms with Crippen LogP contribution in [0.15, 0.2) is 30.3 Å². The summed E-state index contributed by atoms with van der Waals surface area (Å²) < 4.78 is 18.8. The Kier molecular flexibility index (Phi) is 5.99. The molecule has 152 valence electrons. The maximum atomic E-state index is 8.81. The van der Waals surface area contributed by atoms with E-state index < -0.39 is 5.79 Å². The molecule has 2 saturated heterocycles. The van der Waals surface area contributed by atoms with E-state index in [1.54, 1.807) is 0 Å². The number of ether oxygens (including phenoxy) is 3. The fourth-order valence-electron chi connectivity index (χ4n) is 4.66. The maximum Gasteiger partial charge on any atom is 0.175 e. The average Bonchev–Trinajstić information content (AvgIpc) is 3.09. The first-order valence-corrected chi connectivity index (χ1v) is 10.2. The summed E-state index contributed by atoms with van der Waals surface area (Å²) in [4.78, 5) is 0. The Morgan fingerprint density at radius 1 is 1.19 bits per heavy atom. The van der Waals surface area contributed by atoms with E-state index in [-0.39, 0.29) is 23.1 Å². The molecule has 0 bridgehead atoms. The molecular weight excluding hydrogens is 342 g/mol. The van der Waals surface area contributed by atoms with Gasteiger partial charge in [-0.2, -0.15) is 0 Å². The largest absolute Gasteiger partial charge is 0.374 e. The Morgan fingerprint density at radius 2 is 1.89 bits per heavy atom. The van der Waals surface area contributed by atoms with Crippen molar-refractivity contribution in [3.05, 3.63) is 35.9 Å². The molecule has 1 aromatic rings. The van der Waals surface area contributed by atoms with Crippen LogP contribution in [0.2, 0.25) is 0 Å². The summed E-state index contributed by atoms with van der Waals surface area (Å²) in [6.07, 6.45) is 2.43. The van der Waals surface area contributed by atoms with Crippen LogP contribution in [0.3, 0.4) is 0 Å². The topological polar surface area (TPSA) is 53.8 Å². The predicted molar refractivity (Wildman–Crippen MR) is 106 cm³/mol. The molecule has 0 aliphatic carbocycles. The number of hydrogen-bond acceptors (Lipinski definition) is 4. The van der Waals surface area contributed by atoms with Gasteiger partial charge in [-0.3, -0.25) is 0 Å². The van der Waals surface area contributed by atoms with Crippen LogP contribution >= 0.6 is 0 Å². The standard InChI is InChI=1S/C22H35NO4/c1-6-20(4)16-22(17(3)21(5,7-2)23(20)24)26-15-19(27-22)14-25-13-18-11-9-8-10-12-18/h8-12,17,19,24H,6-7,13-16H2,1-5H3/p+1. The van der Waals surface area contributed by atoms with Crippen molar-refractivity contribution in [1.29, 1.82) is 0 Å². The van der Waals surface area contributed by atoms with Gasteiger partial charge >= 0.3 is 0 Å². The molecule has 27 heavy (non-hydrogen) atoms. The van der Waals surface area contributed by atoms with Crippen molar-refractivity contribution in [3.8, 4) is 0 Å². The second kappa shape index (κ2) is 7.80. The van der Waals surface area contributed by atoms with Crippen LogP contribution in [0, 0.1) is 5.92 Å². The average molecular weight is 379 g/mol. The summed E-state index contributed by atoms with van der Waals surface area (Å²) >= 11 is 0. The third kappa shape index (κ3) is 3.68. The van der Waals surface area contributed by atoms with Crippen molar-refractivity contribution in [3.63, 3.8) is 0 Å². The van der Waals surface area contributed by atoms with Crippen molar-refractivity contribution in [2.45, 2.75) is 83.5 Å². The summed E-state index contributed by atoms with van der Waals surface area (Å²) in [5.41, 5.74) is 0.610. The lowest BCUT2D eigenvalue weighted by Gasteiger charge is -2.57. The number of benzene rings is 1. The van der Waals surface area contributed by atoms with Gasteiger partial charge in [0.25, 0.3) is 0 Å². The molecule has 2 aliphatic rings. The smallest absolute Gasteiger partial charge is 0.175 e. The minimum atomic E-state index is -0.631. The zero-order chi connectivity index (χ0) is 19.7. The molecule has 1 spiro atoms. The molecule has 5 atom stereocenters. The molecule has 2 fully saturated rings. The van der Waals surface area contributed by atoms with Crippen LogP contribution in [0.1, 0.15) is 59.4 Å². The molecule has 5 heteroatoms. The third-order valence-electron chi connectivity index (χ3n) is 7.04. The lowest BCUT2D eigenvalue weighted by Crippen LogP contribution is -2.71. The van der Waals surface area contributed by atoms with Crippen molar-refractivity contribution in [1.82, 2.24) is 5.06 Å². The Hall–Kier alpha value is -0.980. The molecule has 3 rings (SSSR count). The van der Waals surface area contributed by atoms with Crippen molar-refractivity contribution < 1.29 is 19.4 Å². The van der Waals surface area contributed by atoms with E-state index in [0.717, 1.165) is 12.8 Å². The van der Waals surface area contributed by atoms with Crippen LogP contribution in [0.5, 0.6) is 0 Å². The molecule has 0 amide bonds. The summed E-state index contributed by atoms with van der Waals surface area (Å²) in [6, 6.07) is 10.2. The first kappa shape index (κ1) is 20.7. The Bertz CT molecular complexity index is 626. The molecule has 0 aromatic heterocycles. The molecule has 2 aliphatic heterocycles. The van der Waals surface area contributed by atoms with E-state index in [9.17, 15) is 0 Å². The highest BCUT2D eigenvalue weighted by molar-refractivity contribution is 5.13. The summed E-state index contributed by atoms with van der Waals surface area (Å²) in [7, 11) is 0. The molecule has 1 aromatic carbocycles. The molecular formula is C22H36NO4+. The van der Waals surface area contributed by atoms with Gasteiger partial charge in [-0.25, -0.2) is 0 Å². The number of nitrogens with zero attached hydrogens (tertiary/aromatic N) is 1. The van der Waals surface area contributed by atoms with E-state index in [2.05, 4.69) is 46.8 Å². The monoisotopic (exact) mass is 378 g/mol. The Morgan fingerprint density at radius 3 is 2.52 bits per heavy atom. The van der Waals surface area contributed by atoms with Gasteiger partial charge in [0.1, 0.15) is 6.10 Å². The van der Waals surface area contributed by atoms with Gasteiger partial charge in [0.15, 0.2) is 5.79 Å². The predicted octanol–water partition coefficient (Wildman–Crippen LogP) is 3.63. The van der Waals surface area contributed by atoms with Gasteiger partial charge in [0.05, 0.1) is 30.9 Å². The maximum absolute atomic E-state index is 8.81. The van der Waals surface area contributed by atoms with Gasteiger partial charge in [0.2, 0.25) is 0 Å². The Balaban J connectivity index is 1.68. The molecule has 0 saturated carbocycles. The van der Waals surface area contributed by atoms with Gasteiger partial charge in [-0.1, -0.05) is 56.2 Å². The third-order valence-corrected chi connectivity index (χ3v) is 7.04. The minimum absolute atomic E-state index is 0.0596. The summed E-state index contributed by atoms with van der Waals surface area (Å²) in [6.45, 7) is 12.5. The van der Waals surface area contributed by atoms with Gasteiger partial charge in [0, 0.05) is 12.3 Å². The first-order valence-electron chi connectivity index (χ1n) is 10.2. The van der Waals surface area contributed by atoms with E-state index in [1.807, 2.05) is 23.3 Å². The van der Waals surface area contributed by atoms with Crippen molar-refractivity contribution >= 4 is 0 Å². The fourth-order valence-corrected chi connectivity index (χ4v) is 4.66. The first-order chi connectivity index (χ1) is 12.8. The zero-order valence-electron chi connectivity index (χ0n) is 17.5. The highest BCUT2D eigenvalue weighted by Crippen LogP contribution is 2.53. The number of hydroxylamine groups is 2. The van der Waals surface area contributed by atoms with Crippen molar-refractivity contribution in [2.75, 3.05) is 13.2 Å². The van der Waals surface area contributed by atoms with E-state index in [4.69, 9.17) is 19.4 Å². The van der Waals surface area contributed by atoms with Crippen LogP contribution < -0.4 is 0 Å². The minimum Gasteiger partial charge on any atom is -0.374 e. The highest BCUT2D eigenvalue weighted by Gasteiger charge is 2.65. The van der Waals surface area contributed by atoms with Crippen molar-refractivity contribution in [2.24, 2.45) is 5.92 Å². The van der Waals surface area contributed by atoms with E-state index >= 15 is 0 Å². The second-order valence-electron chi connectivity index (χ2n) is 8.66. The molecule has 5 nitrogen and oxygen atoms in total. The quantitative estimate of drug-likeness (QED) is 0.709. The molecule has 2 heterocycles. The lowest BCUT2D eigenvalue weighted by molar-refractivity contribution is -0.352. The van der Waals surface area contributed by atoms with Crippen LogP contribution in [0.4, 0.5) is 0 Å². The Labute approximate surface area is 163 Å². The molecule has 5 unspecified atom stereocenters. The van der Waals surface area contributed by atoms with E-state index in [0.29, 0.717) is 26.2 Å². The number of hydrogen-bond donors (Lipinski definition) is 0. The van der Waals surface area contributed by atoms with Crippen LogP contribution in [-0.2, 0) is 20.8 Å². The van der Waals surface area contributed by atoms with E-state index in [1.165, 1.54) is 5.56 Å². The lowest BCUT2D eigenvalue weighted by atomic mass is 9.67. The fraction of sp³-hybridized carbons (Fsp3) is 0.727. The normalized spacial score (nSPS) is 39.9. The second-order valence-corrected chi connectivity index (χ2v) is 8.66. The molecule has 0 radical (unpaired) electrons. The van der Waals surface area contributed by atoms with Gasteiger partial charge in [-0.15, -0.1) is 0 Å². The summed E-state index contributed by atoms with van der Waals surface area (Å²) in [5.74, 6) is -0.528. The summed E-state index contributed by atoms with van der Waals surface area (Å²) in [5, 5.41) is 10.6. The molecule has 2 N–H and O–H groups in total. The zero-order valence-corrected chi connectivity index (χ0v) is 17.5. The van der Waals surface area contributed by atoms with Crippen LogP contribution in [0.25, 0.3) is 0 Å². The number of rotatable bonds is 6.